The lowest BCUT2D eigenvalue weighted by Crippen LogP contribution is -2.12. The fourth-order valence-electron chi connectivity index (χ4n) is 3.12. The predicted molar refractivity (Wildman–Crippen MR) is 118 cm³/mol. The topological polar surface area (TPSA) is 52.6 Å². The Morgan fingerprint density at radius 3 is 1.66 bits per heavy atom. The molecule has 0 saturated heterocycles. The van der Waals surface area contributed by atoms with E-state index in [0.29, 0.717) is 29.8 Å². The van der Waals surface area contributed by atoms with E-state index < -0.39 is 0 Å². The first-order chi connectivity index (χ1) is 13.8. The first kappa shape index (κ1) is 25.2. The number of carbonyl (C=O) groups excluding carboxylic acids is 2. The summed E-state index contributed by atoms with van der Waals surface area (Å²) in [6.45, 7) is 8.94. The highest BCUT2D eigenvalue weighted by Gasteiger charge is 2.13. The van der Waals surface area contributed by atoms with Crippen LogP contribution < -0.4 is 9.47 Å². The van der Waals surface area contributed by atoms with E-state index in [0.717, 1.165) is 44.9 Å². The minimum absolute atomic E-state index is 0.272. The maximum atomic E-state index is 12.2. The summed E-state index contributed by atoms with van der Waals surface area (Å²) in [4.78, 5) is 24.2. The minimum Gasteiger partial charge on any atom is -0.423 e. The summed E-state index contributed by atoms with van der Waals surface area (Å²) < 4.78 is 10.9. The van der Waals surface area contributed by atoms with Crippen molar-refractivity contribution in [2.45, 2.75) is 105 Å². The predicted octanol–water partition coefficient (Wildman–Crippen LogP) is 7.24. The summed E-state index contributed by atoms with van der Waals surface area (Å²) in [7, 11) is 0. The molecule has 0 unspecified atom stereocenters. The summed E-state index contributed by atoms with van der Waals surface area (Å²) in [5.41, 5.74) is 0.399. The Balaban J connectivity index is 2.30. The molecule has 4 heteroatoms. The van der Waals surface area contributed by atoms with E-state index in [1.165, 1.54) is 19.3 Å². The molecule has 1 aromatic rings. The molecule has 4 nitrogen and oxygen atoms in total. The normalized spacial score (nSPS) is 11.3. The van der Waals surface area contributed by atoms with Crippen LogP contribution in [-0.2, 0) is 9.59 Å². The second-order valence-corrected chi connectivity index (χ2v) is 9.03. The summed E-state index contributed by atoms with van der Waals surface area (Å²) in [5, 5.41) is 0. The highest BCUT2D eigenvalue weighted by atomic mass is 16.6. The van der Waals surface area contributed by atoms with Crippen molar-refractivity contribution in [3.8, 4) is 11.5 Å². The number of rotatable bonds is 14. The summed E-state index contributed by atoms with van der Waals surface area (Å²) in [6, 6.07) is 6.89. The molecular weight excluding hydrogens is 364 g/mol. The average molecular weight is 405 g/mol. The largest absolute Gasteiger partial charge is 0.423 e. The average Bonchev–Trinajstić information content (AvgIpc) is 2.65. The summed E-state index contributed by atoms with van der Waals surface area (Å²) in [5.74, 6) is 0.0964. The van der Waals surface area contributed by atoms with Crippen molar-refractivity contribution in [1.29, 1.82) is 0 Å². The number of benzene rings is 1. The molecular formula is C25H40O4. The Morgan fingerprint density at radius 1 is 0.724 bits per heavy atom. The van der Waals surface area contributed by atoms with Gasteiger partial charge < -0.3 is 9.47 Å². The van der Waals surface area contributed by atoms with E-state index in [1.807, 2.05) is 0 Å². The molecule has 0 N–H and O–H groups in total. The lowest BCUT2D eigenvalue weighted by Gasteiger charge is -2.17. The van der Waals surface area contributed by atoms with Crippen LogP contribution >= 0.6 is 0 Å². The Labute approximate surface area is 177 Å². The van der Waals surface area contributed by atoms with Crippen molar-refractivity contribution >= 4 is 11.9 Å². The van der Waals surface area contributed by atoms with Gasteiger partial charge in [0.25, 0.3) is 0 Å². The van der Waals surface area contributed by atoms with Gasteiger partial charge in [-0.25, -0.2) is 0 Å². The third-order valence-electron chi connectivity index (χ3n) is 4.84. The van der Waals surface area contributed by atoms with Crippen LogP contribution in [0.2, 0.25) is 0 Å². The molecule has 0 radical (unpaired) electrons. The van der Waals surface area contributed by atoms with E-state index in [4.69, 9.17) is 9.47 Å². The van der Waals surface area contributed by atoms with Crippen LogP contribution in [0.25, 0.3) is 0 Å². The molecule has 29 heavy (non-hydrogen) atoms. The van der Waals surface area contributed by atoms with E-state index >= 15 is 0 Å². The quantitative estimate of drug-likeness (QED) is 0.186. The number of hydrogen-bond donors (Lipinski definition) is 0. The third-order valence-corrected chi connectivity index (χ3v) is 4.84. The van der Waals surface area contributed by atoms with Gasteiger partial charge in [0.05, 0.1) is 0 Å². The molecule has 0 bridgehead atoms. The molecule has 0 heterocycles. The van der Waals surface area contributed by atoms with Crippen LogP contribution in [0.15, 0.2) is 24.3 Å². The van der Waals surface area contributed by atoms with Crippen molar-refractivity contribution < 1.29 is 19.1 Å². The molecule has 0 spiro atoms. The fourth-order valence-corrected chi connectivity index (χ4v) is 3.12. The van der Waals surface area contributed by atoms with Crippen LogP contribution in [0.1, 0.15) is 105 Å². The van der Waals surface area contributed by atoms with Gasteiger partial charge in [0.15, 0.2) is 11.5 Å². The molecule has 1 aromatic carbocycles. The number of carbonyl (C=O) groups is 2. The van der Waals surface area contributed by atoms with E-state index in [1.54, 1.807) is 24.3 Å². The Bertz CT molecular complexity index is 601. The summed E-state index contributed by atoms with van der Waals surface area (Å²) >= 11 is 0. The van der Waals surface area contributed by atoms with Crippen molar-refractivity contribution in [3.05, 3.63) is 24.3 Å². The maximum absolute atomic E-state index is 12.2. The van der Waals surface area contributed by atoms with Crippen LogP contribution in [0.5, 0.6) is 11.5 Å². The van der Waals surface area contributed by atoms with Crippen molar-refractivity contribution in [2.75, 3.05) is 0 Å². The van der Waals surface area contributed by atoms with Crippen molar-refractivity contribution in [1.82, 2.24) is 0 Å². The van der Waals surface area contributed by atoms with Gasteiger partial charge in [0.2, 0.25) is 0 Å². The molecule has 0 atom stereocenters. The van der Waals surface area contributed by atoms with E-state index in [9.17, 15) is 9.59 Å². The second-order valence-electron chi connectivity index (χ2n) is 9.03. The Hall–Kier alpha value is -1.84. The monoisotopic (exact) mass is 404 g/mol. The lowest BCUT2D eigenvalue weighted by molar-refractivity contribution is -0.137. The first-order valence-electron chi connectivity index (χ1n) is 11.3. The zero-order valence-electron chi connectivity index (χ0n) is 18.9. The fraction of sp³-hybridized carbons (Fsp3) is 0.680. The molecule has 1 rings (SSSR count). The van der Waals surface area contributed by atoms with Gasteiger partial charge in [-0.15, -0.1) is 0 Å². The number of hydrogen-bond acceptors (Lipinski definition) is 4. The summed E-state index contributed by atoms with van der Waals surface area (Å²) in [6.07, 6.45) is 11.6. The van der Waals surface area contributed by atoms with Gasteiger partial charge in [0.1, 0.15) is 0 Å². The molecule has 0 fully saturated rings. The Kier molecular flexibility index (Phi) is 12.3. The Morgan fingerprint density at radius 2 is 1.17 bits per heavy atom. The number of esters is 2. The third kappa shape index (κ3) is 13.1. The van der Waals surface area contributed by atoms with Crippen LogP contribution in [0.4, 0.5) is 0 Å². The minimum atomic E-state index is -0.278. The van der Waals surface area contributed by atoms with Crippen LogP contribution in [0.3, 0.4) is 0 Å². The van der Waals surface area contributed by atoms with Crippen LogP contribution in [-0.4, -0.2) is 11.9 Å². The van der Waals surface area contributed by atoms with E-state index in [-0.39, 0.29) is 11.9 Å². The molecule has 0 aliphatic rings. The highest BCUT2D eigenvalue weighted by molar-refractivity contribution is 5.76. The maximum Gasteiger partial charge on any atom is 0.311 e. The second kappa shape index (κ2) is 14.2. The standard InChI is InChI=1S/C25H40O4/c1-5-6-7-11-18-23(26)28-21-16-13-14-17-22(21)29-24(27)19-12-9-8-10-15-20-25(2,3)4/h13-14,16-17H,5-12,15,18-20H2,1-4H3. The van der Waals surface area contributed by atoms with Crippen molar-refractivity contribution in [3.63, 3.8) is 0 Å². The van der Waals surface area contributed by atoms with Gasteiger partial charge in [-0.2, -0.15) is 0 Å². The first-order valence-corrected chi connectivity index (χ1v) is 11.3. The zero-order valence-corrected chi connectivity index (χ0v) is 18.9. The molecule has 0 saturated carbocycles. The van der Waals surface area contributed by atoms with Gasteiger partial charge in [-0.05, 0) is 36.8 Å². The van der Waals surface area contributed by atoms with Crippen LogP contribution in [0, 0.1) is 5.41 Å². The molecule has 164 valence electrons. The van der Waals surface area contributed by atoms with Gasteiger partial charge in [0, 0.05) is 12.8 Å². The van der Waals surface area contributed by atoms with Crippen molar-refractivity contribution in [2.24, 2.45) is 5.41 Å². The smallest absolute Gasteiger partial charge is 0.311 e. The number of ether oxygens (including phenoxy) is 2. The highest BCUT2D eigenvalue weighted by Crippen LogP contribution is 2.28. The molecule has 0 aliphatic heterocycles. The molecule has 0 aromatic heterocycles. The SMILES string of the molecule is CCCCCCC(=O)Oc1ccccc1OC(=O)CCCCCCCC(C)(C)C. The van der Waals surface area contributed by atoms with Gasteiger partial charge in [-0.3, -0.25) is 9.59 Å². The zero-order chi connectivity index (χ0) is 21.5. The lowest BCUT2D eigenvalue weighted by atomic mass is 9.89. The number of unbranched alkanes of at least 4 members (excludes halogenated alkanes) is 7. The van der Waals surface area contributed by atoms with Gasteiger partial charge >= 0.3 is 11.9 Å². The van der Waals surface area contributed by atoms with Gasteiger partial charge in [-0.1, -0.05) is 84.8 Å². The van der Waals surface area contributed by atoms with E-state index in [2.05, 4.69) is 27.7 Å². The number of para-hydroxylation sites is 2. The molecule has 0 aliphatic carbocycles. The molecule has 0 amide bonds.